The summed E-state index contributed by atoms with van der Waals surface area (Å²) in [4.78, 5) is 16.7. The average molecular weight is 316 g/mol. The zero-order chi connectivity index (χ0) is 16.8. The second kappa shape index (κ2) is 8.16. The first-order valence-corrected chi connectivity index (χ1v) is 8.34. The molecule has 23 heavy (non-hydrogen) atoms. The molecule has 126 valence electrons. The number of piperazine rings is 1. The second-order valence-electron chi connectivity index (χ2n) is 6.39. The molecule has 0 spiro atoms. The normalized spacial score (nSPS) is 22.0. The van der Waals surface area contributed by atoms with Crippen molar-refractivity contribution in [3.8, 4) is 0 Å². The largest absolute Gasteiger partial charge is 0.492 e. The predicted molar refractivity (Wildman–Crippen MR) is 93.1 cm³/mol. The molecule has 0 saturated carbocycles. The van der Waals surface area contributed by atoms with Gasteiger partial charge < -0.3 is 9.64 Å². The van der Waals surface area contributed by atoms with E-state index in [2.05, 4.69) is 55.7 Å². The topological polar surface area (TPSA) is 32.8 Å². The number of aryl methyl sites for hydroxylation is 1. The third-order valence-corrected chi connectivity index (χ3v) is 4.50. The summed E-state index contributed by atoms with van der Waals surface area (Å²) in [6.07, 6.45) is 2.24. The number of nitrogens with zero attached hydrogens (tertiary/aromatic N) is 2. The fourth-order valence-electron chi connectivity index (χ4n) is 3.40. The molecule has 0 aliphatic carbocycles. The predicted octanol–water partition coefficient (Wildman–Crippen LogP) is 2.70. The Hall–Kier alpha value is -1.81. The molecule has 1 amide bonds. The standard InChI is InChI=1S/C19H28N2O2/c1-15-13-20(12-8-11-18-9-6-5-7-10-18)14-16(2)21(15)19(22)17(3)23-4/h5-7,9-10,15-16H,3,8,11-14H2,1-2,4H3. The summed E-state index contributed by atoms with van der Waals surface area (Å²) in [5.41, 5.74) is 1.39. The summed E-state index contributed by atoms with van der Waals surface area (Å²) >= 11 is 0. The van der Waals surface area contributed by atoms with E-state index >= 15 is 0 Å². The molecule has 1 saturated heterocycles. The number of hydrogen-bond acceptors (Lipinski definition) is 3. The molecule has 0 radical (unpaired) electrons. The van der Waals surface area contributed by atoms with Crippen LogP contribution in [0.2, 0.25) is 0 Å². The molecule has 0 N–H and O–H groups in total. The lowest BCUT2D eigenvalue weighted by Crippen LogP contribution is -2.59. The SMILES string of the molecule is C=C(OC)C(=O)N1C(C)CN(CCCc2ccccc2)CC1C. The average Bonchev–Trinajstić information content (AvgIpc) is 2.54. The molecule has 1 aliphatic heterocycles. The van der Waals surface area contributed by atoms with Gasteiger partial charge in [-0.1, -0.05) is 36.9 Å². The molecule has 2 rings (SSSR count). The summed E-state index contributed by atoms with van der Waals surface area (Å²) in [5, 5.41) is 0. The molecule has 1 aromatic carbocycles. The van der Waals surface area contributed by atoms with Crippen molar-refractivity contribution >= 4 is 5.91 Å². The van der Waals surface area contributed by atoms with Crippen molar-refractivity contribution in [3.63, 3.8) is 0 Å². The molecule has 2 atom stereocenters. The van der Waals surface area contributed by atoms with E-state index < -0.39 is 0 Å². The van der Waals surface area contributed by atoms with E-state index in [1.165, 1.54) is 12.7 Å². The Morgan fingerprint density at radius 1 is 1.22 bits per heavy atom. The Labute approximate surface area is 139 Å². The number of carbonyl (C=O) groups is 1. The van der Waals surface area contributed by atoms with Crippen molar-refractivity contribution in [2.24, 2.45) is 0 Å². The number of ether oxygens (including phenoxy) is 1. The van der Waals surface area contributed by atoms with Crippen LogP contribution >= 0.6 is 0 Å². The summed E-state index contributed by atoms with van der Waals surface area (Å²) in [6.45, 7) is 10.8. The van der Waals surface area contributed by atoms with Gasteiger partial charge in [-0.05, 0) is 38.8 Å². The van der Waals surface area contributed by atoms with Crippen LogP contribution in [0, 0.1) is 0 Å². The van der Waals surface area contributed by atoms with E-state index in [-0.39, 0.29) is 23.8 Å². The zero-order valence-electron chi connectivity index (χ0n) is 14.5. The highest BCUT2D eigenvalue weighted by Crippen LogP contribution is 2.19. The Morgan fingerprint density at radius 3 is 2.39 bits per heavy atom. The van der Waals surface area contributed by atoms with Crippen LogP contribution in [-0.4, -0.2) is 54.5 Å². The minimum Gasteiger partial charge on any atom is -0.492 e. The highest BCUT2D eigenvalue weighted by Gasteiger charge is 2.33. The third kappa shape index (κ3) is 4.58. The number of amides is 1. The maximum Gasteiger partial charge on any atom is 0.288 e. The fraction of sp³-hybridized carbons (Fsp3) is 0.526. The van der Waals surface area contributed by atoms with Crippen molar-refractivity contribution in [1.82, 2.24) is 9.80 Å². The zero-order valence-corrected chi connectivity index (χ0v) is 14.5. The van der Waals surface area contributed by atoms with E-state index in [1.807, 2.05) is 4.90 Å². The van der Waals surface area contributed by atoms with Gasteiger partial charge in [0.2, 0.25) is 0 Å². The summed E-state index contributed by atoms with van der Waals surface area (Å²) < 4.78 is 5.00. The molecule has 1 fully saturated rings. The van der Waals surface area contributed by atoms with Crippen LogP contribution in [0.15, 0.2) is 42.7 Å². The smallest absolute Gasteiger partial charge is 0.288 e. The molecule has 0 aromatic heterocycles. The second-order valence-corrected chi connectivity index (χ2v) is 6.39. The first kappa shape index (κ1) is 17.5. The van der Waals surface area contributed by atoms with Crippen molar-refractivity contribution < 1.29 is 9.53 Å². The summed E-state index contributed by atoms with van der Waals surface area (Å²) in [5.74, 6) is 0.137. The van der Waals surface area contributed by atoms with Crippen molar-refractivity contribution in [1.29, 1.82) is 0 Å². The monoisotopic (exact) mass is 316 g/mol. The number of carbonyl (C=O) groups excluding carboxylic acids is 1. The van der Waals surface area contributed by atoms with Crippen LogP contribution in [0.5, 0.6) is 0 Å². The van der Waals surface area contributed by atoms with Gasteiger partial charge in [0.25, 0.3) is 5.91 Å². The van der Waals surface area contributed by atoms with Gasteiger partial charge in [0.05, 0.1) is 7.11 Å². The van der Waals surface area contributed by atoms with Gasteiger partial charge >= 0.3 is 0 Å². The molecular formula is C19H28N2O2. The van der Waals surface area contributed by atoms with Crippen LogP contribution < -0.4 is 0 Å². The molecule has 1 aliphatic rings. The Kier molecular flexibility index (Phi) is 6.22. The lowest BCUT2D eigenvalue weighted by atomic mass is 10.1. The van der Waals surface area contributed by atoms with Crippen LogP contribution in [0.1, 0.15) is 25.8 Å². The minimum atomic E-state index is -0.0866. The van der Waals surface area contributed by atoms with Gasteiger partial charge in [0.1, 0.15) is 0 Å². The molecule has 4 heteroatoms. The molecule has 2 unspecified atom stereocenters. The van der Waals surface area contributed by atoms with E-state index in [1.54, 1.807) is 0 Å². The Bertz CT molecular complexity index is 517. The summed E-state index contributed by atoms with van der Waals surface area (Å²) in [6, 6.07) is 10.9. The maximum absolute atomic E-state index is 12.3. The van der Waals surface area contributed by atoms with E-state index in [9.17, 15) is 4.79 Å². The number of methoxy groups -OCH3 is 1. The van der Waals surface area contributed by atoms with E-state index in [0.29, 0.717) is 0 Å². The number of rotatable bonds is 6. The third-order valence-electron chi connectivity index (χ3n) is 4.50. The van der Waals surface area contributed by atoms with Gasteiger partial charge in [-0.2, -0.15) is 0 Å². The van der Waals surface area contributed by atoms with Gasteiger partial charge in [-0.3, -0.25) is 9.69 Å². The first-order chi connectivity index (χ1) is 11.0. The van der Waals surface area contributed by atoms with Crippen molar-refractivity contribution in [2.45, 2.75) is 38.8 Å². The minimum absolute atomic E-state index is 0.0866. The van der Waals surface area contributed by atoms with Crippen LogP contribution in [0.4, 0.5) is 0 Å². The van der Waals surface area contributed by atoms with Crippen LogP contribution in [-0.2, 0) is 16.0 Å². The molecule has 1 aromatic rings. The molecule has 1 heterocycles. The first-order valence-electron chi connectivity index (χ1n) is 8.34. The van der Waals surface area contributed by atoms with Gasteiger partial charge in [-0.15, -0.1) is 0 Å². The fourth-order valence-corrected chi connectivity index (χ4v) is 3.40. The van der Waals surface area contributed by atoms with E-state index in [4.69, 9.17) is 4.74 Å². The highest BCUT2D eigenvalue weighted by atomic mass is 16.5. The maximum atomic E-state index is 12.3. The van der Waals surface area contributed by atoms with E-state index in [0.717, 1.165) is 32.5 Å². The van der Waals surface area contributed by atoms with Gasteiger partial charge in [0.15, 0.2) is 5.76 Å². The summed E-state index contributed by atoms with van der Waals surface area (Å²) in [7, 11) is 1.50. The number of hydrogen-bond donors (Lipinski definition) is 0. The van der Waals surface area contributed by atoms with Gasteiger partial charge in [0, 0.05) is 25.2 Å². The Morgan fingerprint density at radius 2 is 1.83 bits per heavy atom. The van der Waals surface area contributed by atoms with Gasteiger partial charge in [-0.25, -0.2) is 0 Å². The lowest BCUT2D eigenvalue weighted by Gasteiger charge is -2.44. The molecule has 0 bridgehead atoms. The highest BCUT2D eigenvalue weighted by molar-refractivity contribution is 5.91. The quantitative estimate of drug-likeness (QED) is 0.597. The Balaban J connectivity index is 1.84. The van der Waals surface area contributed by atoms with Crippen LogP contribution in [0.3, 0.4) is 0 Å². The molecule has 4 nitrogen and oxygen atoms in total. The molecular weight excluding hydrogens is 288 g/mol. The number of benzene rings is 1. The van der Waals surface area contributed by atoms with Crippen molar-refractivity contribution in [3.05, 3.63) is 48.2 Å². The van der Waals surface area contributed by atoms with Crippen molar-refractivity contribution in [2.75, 3.05) is 26.7 Å². The lowest BCUT2D eigenvalue weighted by molar-refractivity contribution is -0.138. The van der Waals surface area contributed by atoms with Crippen LogP contribution in [0.25, 0.3) is 0 Å².